The molecule has 0 aromatic heterocycles. The van der Waals surface area contributed by atoms with Crippen LogP contribution in [0.25, 0.3) is 0 Å². The highest BCUT2D eigenvalue weighted by Gasteiger charge is 2.37. The van der Waals surface area contributed by atoms with Crippen LogP contribution >= 0.6 is 0 Å². The third-order valence-electron chi connectivity index (χ3n) is 3.77. The third-order valence-corrected chi connectivity index (χ3v) is 3.77. The number of primary amides is 1. The van der Waals surface area contributed by atoms with Crippen LogP contribution in [0.5, 0.6) is 0 Å². The minimum absolute atomic E-state index is 0.151. The molecule has 0 saturated heterocycles. The van der Waals surface area contributed by atoms with Crippen molar-refractivity contribution >= 4 is 23.5 Å². The molecular weight excluding hydrogens is 272 g/mol. The number of carboxylic acids is 1. The van der Waals surface area contributed by atoms with Crippen molar-refractivity contribution in [2.24, 2.45) is 17.6 Å². The lowest BCUT2D eigenvalue weighted by Crippen LogP contribution is -2.29. The second-order valence-corrected chi connectivity index (χ2v) is 5.31. The molecule has 6 heteroatoms. The van der Waals surface area contributed by atoms with Gasteiger partial charge < -0.3 is 16.2 Å². The summed E-state index contributed by atoms with van der Waals surface area (Å²) in [6.45, 7) is 0. The van der Waals surface area contributed by atoms with E-state index in [1.165, 1.54) is 0 Å². The van der Waals surface area contributed by atoms with Gasteiger partial charge >= 0.3 is 5.97 Å². The fourth-order valence-electron chi connectivity index (χ4n) is 2.71. The number of anilines is 1. The smallest absolute Gasteiger partial charge is 0.307 e. The lowest BCUT2D eigenvalue weighted by Gasteiger charge is -2.15. The average Bonchev–Trinajstić information content (AvgIpc) is 2.90. The molecule has 2 amide bonds. The molecule has 0 radical (unpaired) electrons. The summed E-state index contributed by atoms with van der Waals surface area (Å²) in [7, 11) is 0. The monoisotopic (exact) mass is 290 g/mol. The van der Waals surface area contributed by atoms with Crippen LogP contribution in [0.1, 0.15) is 24.8 Å². The summed E-state index contributed by atoms with van der Waals surface area (Å²) in [5.74, 6) is -2.67. The second kappa shape index (κ2) is 6.39. The molecule has 1 aliphatic rings. The number of hydrogen-bond donors (Lipinski definition) is 3. The third kappa shape index (κ3) is 3.81. The maximum absolute atomic E-state index is 12.1. The van der Waals surface area contributed by atoms with Crippen molar-refractivity contribution in [3.05, 3.63) is 29.8 Å². The van der Waals surface area contributed by atoms with Crippen LogP contribution < -0.4 is 11.1 Å². The van der Waals surface area contributed by atoms with Gasteiger partial charge in [0.2, 0.25) is 11.8 Å². The number of aliphatic carboxylic acids is 1. The second-order valence-electron chi connectivity index (χ2n) is 5.31. The molecule has 1 fully saturated rings. The van der Waals surface area contributed by atoms with Crippen molar-refractivity contribution in [1.29, 1.82) is 0 Å². The number of nitrogens with one attached hydrogen (secondary N) is 1. The first-order valence-corrected chi connectivity index (χ1v) is 6.88. The van der Waals surface area contributed by atoms with E-state index < -0.39 is 23.7 Å². The summed E-state index contributed by atoms with van der Waals surface area (Å²) in [4.78, 5) is 34.0. The number of benzene rings is 1. The SMILES string of the molecule is NC(=O)Cc1ccc(NC(=O)C2CCCC2C(=O)O)cc1. The molecule has 0 aliphatic heterocycles. The molecule has 112 valence electrons. The minimum atomic E-state index is -0.913. The van der Waals surface area contributed by atoms with Gasteiger partial charge in [0.1, 0.15) is 0 Å². The van der Waals surface area contributed by atoms with Gasteiger partial charge in [-0.2, -0.15) is 0 Å². The summed E-state index contributed by atoms with van der Waals surface area (Å²) < 4.78 is 0. The van der Waals surface area contributed by atoms with Crippen molar-refractivity contribution in [2.45, 2.75) is 25.7 Å². The van der Waals surface area contributed by atoms with E-state index in [-0.39, 0.29) is 12.3 Å². The Bertz CT molecular complexity index is 553. The van der Waals surface area contributed by atoms with Crippen LogP contribution in [0.4, 0.5) is 5.69 Å². The van der Waals surface area contributed by atoms with Crippen molar-refractivity contribution < 1.29 is 19.5 Å². The molecule has 2 atom stereocenters. The number of carbonyl (C=O) groups is 3. The topological polar surface area (TPSA) is 109 Å². The van der Waals surface area contributed by atoms with E-state index in [2.05, 4.69) is 5.32 Å². The Morgan fingerprint density at radius 2 is 1.76 bits per heavy atom. The molecule has 1 aliphatic carbocycles. The molecular formula is C15H18N2O4. The van der Waals surface area contributed by atoms with E-state index in [1.54, 1.807) is 24.3 Å². The first-order valence-electron chi connectivity index (χ1n) is 6.88. The van der Waals surface area contributed by atoms with Crippen LogP contribution in [0.2, 0.25) is 0 Å². The zero-order valence-electron chi connectivity index (χ0n) is 11.5. The molecule has 0 heterocycles. The van der Waals surface area contributed by atoms with Gasteiger partial charge in [0.25, 0.3) is 0 Å². The highest BCUT2D eigenvalue weighted by Crippen LogP contribution is 2.32. The van der Waals surface area contributed by atoms with Crippen molar-refractivity contribution in [3.8, 4) is 0 Å². The number of rotatable bonds is 5. The molecule has 2 rings (SSSR count). The standard InChI is InChI=1S/C15H18N2O4/c16-13(18)8-9-4-6-10(7-5-9)17-14(19)11-2-1-3-12(11)15(20)21/h4-7,11-12H,1-3,8H2,(H2,16,18)(H,17,19)(H,20,21). The van der Waals surface area contributed by atoms with Gasteiger partial charge in [-0.25, -0.2) is 0 Å². The predicted octanol–water partition coefficient (Wildman–Crippen LogP) is 1.15. The summed E-state index contributed by atoms with van der Waals surface area (Å²) in [5, 5.41) is 11.8. The van der Waals surface area contributed by atoms with E-state index in [4.69, 9.17) is 10.8 Å². The number of carboxylic acid groups (broad SMARTS) is 1. The van der Waals surface area contributed by atoms with Gasteiger partial charge in [0.05, 0.1) is 18.3 Å². The molecule has 0 bridgehead atoms. The molecule has 1 aromatic carbocycles. The van der Waals surface area contributed by atoms with Gasteiger partial charge in [-0.1, -0.05) is 18.6 Å². The maximum atomic E-state index is 12.1. The summed E-state index contributed by atoms with van der Waals surface area (Å²) in [6.07, 6.45) is 2.05. The van der Waals surface area contributed by atoms with E-state index in [9.17, 15) is 14.4 Å². The summed E-state index contributed by atoms with van der Waals surface area (Å²) in [6, 6.07) is 6.79. The molecule has 6 nitrogen and oxygen atoms in total. The van der Waals surface area contributed by atoms with Crippen LogP contribution in [0.15, 0.2) is 24.3 Å². The van der Waals surface area contributed by atoms with Gasteiger partial charge in [-0.3, -0.25) is 14.4 Å². The molecule has 1 aromatic rings. The Hall–Kier alpha value is -2.37. The number of carbonyl (C=O) groups excluding carboxylic acids is 2. The van der Waals surface area contributed by atoms with Gasteiger partial charge in [0.15, 0.2) is 0 Å². The fourth-order valence-corrected chi connectivity index (χ4v) is 2.71. The van der Waals surface area contributed by atoms with E-state index >= 15 is 0 Å². The van der Waals surface area contributed by atoms with Crippen molar-refractivity contribution in [2.75, 3.05) is 5.32 Å². The largest absolute Gasteiger partial charge is 0.481 e. The zero-order valence-corrected chi connectivity index (χ0v) is 11.5. The molecule has 2 unspecified atom stereocenters. The van der Waals surface area contributed by atoms with Gasteiger partial charge in [-0.15, -0.1) is 0 Å². The molecule has 4 N–H and O–H groups in total. The summed E-state index contributed by atoms with van der Waals surface area (Å²) >= 11 is 0. The first kappa shape index (κ1) is 15.0. The molecule has 1 saturated carbocycles. The minimum Gasteiger partial charge on any atom is -0.481 e. The molecule has 0 spiro atoms. The van der Waals surface area contributed by atoms with Crippen LogP contribution in [0.3, 0.4) is 0 Å². The maximum Gasteiger partial charge on any atom is 0.307 e. The highest BCUT2D eigenvalue weighted by atomic mass is 16.4. The van der Waals surface area contributed by atoms with Crippen molar-refractivity contribution in [1.82, 2.24) is 0 Å². The highest BCUT2D eigenvalue weighted by molar-refractivity contribution is 5.95. The Morgan fingerprint density at radius 3 is 2.33 bits per heavy atom. The van der Waals surface area contributed by atoms with E-state index in [0.717, 1.165) is 12.0 Å². The fraction of sp³-hybridized carbons (Fsp3) is 0.400. The number of amides is 2. The molecule has 21 heavy (non-hydrogen) atoms. The number of hydrogen-bond acceptors (Lipinski definition) is 3. The Balaban J connectivity index is 1.99. The number of nitrogens with two attached hydrogens (primary N) is 1. The normalized spacial score (nSPS) is 21.0. The van der Waals surface area contributed by atoms with Crippen LogP contribution in [-0.4, -0.2) is 22.9 Å². The Kier molecular flexibility index (Phi) is 4.57. The zero-order chi connectivity index (χ0) is 15.4. The van der Waals surface area contributed by atoms with Crippen LogP contribution in [0, 0.1) is 11.8 Å². The average molecular weight is 290 g/mol. The van der Waals surface area contributed by atoms with Crippen molar-refractivity contribution in [3.63, 3.8) is 0 Å². The lowest BCUT2D eigenvalue weighted by atomic mass is 9.95. The quantitative estimate of drug-likeness (QED) is 0.755. The first-order chi connectivity index (χ1) is 9.97. The Labute approximate surface area is 122 Å². The van der Waals surface area contributed by atoms with Crippen LogP contribution in [-0.2, 0) is 20.8 Å². The Morgan fingerprint density at radius 1 is 1.14 bits per heavy atom. The summed E-state index contributed by atoms with van der Waals surface area (Å²) in [5.41, 5.74) is 6.46. The predicted molar refractivity (Wildman–Crippen MR) is 76.4 cm³/mol. The van der Waals surface area contributed by atoms with E-state index in [0.29, 0.717) is 18.5 Å². The van der Waals surface area contributed by atoms with Gasteiger partial charge in [0, 0.05) is 5.69 Å². The lowest BCUT2D eigenvalue weighted by molar-refractivity contribution is -0.145. The van der Waals surface area contributed by atoms with E-state index in [1.807, 2.05) is 0 Å². The van der Waals surface area contributed by atoms with Gasteiger partial charge in [-0.05, 0) is 30.5 Å².